The molecule has 0 amide bonds. The zero-order valence-corrected chi connectivity index (χ0v) is 12.4. The Morgan fingerprint density at radius 1 is 1.29 bits per heavy atom. The van der Waals surface area contributed by atoms with Crippen molar-refractivity contribution in [1.82, 2.24) is 4.98 Å². The minimum Gasteiger partial charge on any atom is -0.393 e. The van der Waals surface area contributed by atoms with E-state index >= 15 is 0 Å². The minimum absolute atomic E-state index is 0.00347. The molecule has 1 aliphatic heterocycles. The zero-order chi connectivity index (χ0) is 14.8. The van der Waals surface area contributed by atoms with Crippen LogP contribution in [0.2, 0.25) is 0 Å². The number of aliphatic hydroxyl groups is 2. The van der Waals surface area contributed by atoms with E-state index in [0.29, 0.717) is 5.92 Å². The number of nitrogens with zero attached hydrogens (tertiary/aromatic N) is 2. The van der Waals surface area contributed by atoms with E-state index in [-0.39, 0.29) is 12.7 Å². The first-order chi connectivity index (χ1) is 10.2. The number of aromatic nitrogens is 1. The fourth-order valence-corrected chi connectivity index (χ4v) is 3.13. The van der Waals surface area contributed by atoms with Crippen LogP contribution in [-0.2, 0) is 6.61 Å². The monoisotopic (exact) mass is 286 g/mol. The lowest BCUT2D eigenvalue weighted by molar-refractivity contribution is 0.109. The number of para-hydroxylation sites is 1. The van der Waals surface area contributed by atoms with E-state index in [0.717, 1.165) is 48.2 Å². The van der Waals surface area contributed by atoms with E-state index in [1.54, 1.807) is 0 Å². The number of hydrogen-bond acceptors (Lipinski definition) is 4. The number of benzene rings is 1. The molecule has 1 aromatic heterocycles. The summed E-state index contributed by atoms with van der Waals surface area (Å²) >= 11 is 0. The second kappa shape index (κ2) is 6.00. The molecule has 0 spiro atoms. The first kappa shape index (κ1) is 14.3. The number of rotatable bonds is 3. The first-order valence-electron chi connectivity index (χ1n) is 7.61. The number of pyridine rings is 1. The van der Waals surface area contributed by atoms with Crippen LogP contribution >= 0.6 is 0 Å². The Hall–Kier alpha value is -1.65. The minimum atomic E-state index is -0.242. The molecular weight excluding hydrogens is 264 g/mol. The van der Waals surface area contributed by atoms with Gasteiger partial charge in [-0.15, -0.1) is 0 Å². The quantitative estimate of drug-likeness (QED) is 0.909. The second-order valence-corrected chi connectivity index (χ2v) is 5.89. The van der Waals surface area contributed by atoms with Crippen molar-refractivity contribution >= 4 is 16.7 Å². The molecule has 2 aromatic rings. The predicted molar refractivity (Wildman–Crippen MR) is 84.3 cm³/mol. The third-order valence-electron chi connectivity index (χ3n) is 4.47. The van der Waals surface area contributed by atoms with Crippen LogP contribution in [0.3, 0.4) is 0 Å². The summed E-state index contributed by atoms with van der Waals surface area (Å²) in [6, 6.07) is 10.0. The molecule has 1 fully saturated rings. The van der Waals surface area contributed by atoms with Crippen LogP contribution in [0, 0.1) is 5.92 Å². The van der Waals surface area contributed by atoms with Gasteiger partial charge in [0, 0.05) is 24.0 Å². The van der Waals surface area contributed by atoms with Crippen molar-refractivity contribution in [2.24, 2.45) is 5.92 Å². The maximum absolute atomic E-state index is 9.70. The lowest BCUT2D eigenvalue weighted by Crippen LogP contribution is -2.38. The van der Waals surface area contributed by atoms with Crippen LogP contribution in [0.5, 0.6) is 0 Å². The fourth-order valence-electron chi connectivity index (χ4n) is 3.13. The Labute approximate surface area is 125 Å². The standard InChI is InChI=1S/C17H22N2O2/c1-12(21)13-6-8-19(9-7-13)17-15(11-20)10-14-4-2-3-5-16(14)18-17/h2-5,10,12-13,20-21H,6-9,11H2,1H3/t12-/m0/s1. The highest BCUT2D eigenvalue weighted by atomic mass is 16.3. The van der Waals surface area contributed by atoms with E-state index in [1.165, 1.54) is 0 Å². The van der Waals surface area contributed by atoms with Gasteiger partial charge in [-0.2, -0.15) is 0 Å². The Morgan fingerprint density at radius 2 is 2.00 bits per heavy atom. The number of piperidine rings is 1. The number of fused-ring (bicyclic) bond motifs is 1. The Balaban J connectivity index is 1.89. The third-order valence-corrected chi connectivity index (χ3v) is 4.47. The summed E-state index contributed by atoms with van der Waals surface area (Å²) in [5.74, 6) is 1.26. The smallest absolute Gasteiger partial charge is 0.134 e. The van der Waals surface area contributed by atoms with Gasteiger partial charge in [0.05, 0.1) is 18.2 Å². The van der Waals surface area contributed by atoms with Gasteiger partial charge in [0.15, 0.2) is 0 Å². The Kier molecular flexibility index (Phi) is 4.08. The van der Waals surface area contributed by atoms with Gasteiger partial charge in [0.1, 0.15) is 5.82 Å². The van der Waals surface area contributed by atoms with E-state index in [4.69, 9.17) is 4.98 Å². The summed E-state index contributed by atoms with van der Waals surface area (Å²) in [4.78, 5) is 6.98. The molecule has 3 rings (SSSR count). The normalized spacial score (nSPS) is 18.1. The molecule has 4 heteroatoms. The van der Waals surface area contributed by atoms with Gasteiger partial charge in [0.25, 0.3) is 0 Å². The van der Waals surface area contributed by atoms with Crippen molar-refractivity contribution in [1.29, 1.82) is 0 Å². The van der Waals surface area contributed by atoms with E-state index in [9.17, 15) is 10.2 Å². The van der Waals surface area contributed by atoms with Crippen molar-refractivity contribution in [3.05, 3.63) is 35.9 Å². The predicted octanol–water partition coefficient (Wildman–Crippen LogP) is 2.32. The van der Waals surface area contributed by atoms with Crippen LogP contribution in [-0.4, -0.2) is 34.4 Å². The summed E-state index contributed by atoms with van der Waals surface area (Å²) in [5, 5.41) is 20.4. The summed E-state index contributed by atoms with van der Waals surface area (Å²) in [7, 11) is 0. The molecule has 0 bridgehead atoms. The highest BCUT2D eigenvalue weighted by Crippen LogP contribution is 2.28. The van der Waals surface area contributed by atoms with E-state index < -0.39 is 0 Å². The van der Waals surface area contributed by atoms with Gasteiger partial charge in [-0.1, -0.05) is 18.2 Å². The van der Waals surface area contributed by atoms with Crippen LogP contribution in [0.4, 0.5) is 5.82 Å². The SMILES string of the molecule is C[C@H](O)C1CCN(c2nc3ccccc3cc2CO)CC1. The summed E-state index contributed by atoms with van der Waals surface area (Å²) in [5.41, 5.74) is 1.84. The van der Waals surface area contributed by atoms with Crippen molar-refractivity contribution in [2.45, 2.75) is 32.5 Å². The topological polar surface area (TPSA) is 56.6 Å². The van der Waals surface area contributed by atoms with Gasteiger partial charge in [-0.3, -0.25) is 0 Å². The van der Waals surface area contributed by atoms with Crippen molar-refractivity contribution in [2.75, 3.05) is 18.0 Å². The number of hydrogen-bond donors (Lipinski definition) is 2. The molecule has 0 aliphatic carbocycles. The molecule has 112 valence electrons. The third kappa shape index (κ3) is 2.87. The molecule has 0 saturated carbocycles. The average molecular weight is 286 g/mol. The largest absolute Gasteiger partial charge is 0.393 e. The fraction of sp³-hybridized carbons (Fsp3) is 0.471. The van der Waals surface area contributed by atoms with Gasteiger partial charge in [-0.05, 0) is 37.8 Å². The van der Waals surface area contributed by atoms with Crippen molar-refractivity contribution < 1.29 is 10.2 Å². The number of anilines is 1. The summed E-state index contributed by atoms with van der Waals surface area (Å²) < 4.78 is 0. The van der Waals surface area contributed by atoms with Gasteiger partial charge < -0.3 is 15.1 Å². The highest BCUT2D eigenvalue weighted by Gasteiger charge is 2.24. The molecule has 2 heterocycles. The van der Waals surface area contributed by atoms with Gasteiger partial charge >= 0.3 is 0 Å². The molecule has 1 atom stereocenters. The molecule has 4 nitrogen and oxygen atoms in total. The molecule has 0 radical (unpaired) electrons. The Bertz CT molecular complexity index is 619. The Morgan fingerprint density at radius 3 is 2.67 bits per heavy atom. The summed E-state index contributed by atoms with van der Waals surface area (Å²) in [6.45, 7) is 3.64. The first-order valence-corrected chi connectivity index (χ1v) is 7.61. The van der Waals surface area contributed by atoms with Gasteiger partial charge in [-0.25, -0.2) is 4.98 Å². The summed E-state index contributed by atoms with van der Waals surface area (Å²) in [6.07, 6.45) is 1.70. The second-order valence-electron chi connectivity index (χ2n) is 5.89. The van der Waals surface area contributed by atoms with Crippen LogP contribution < -0.4 is 4.90 Å². The molecule has 2 N–H and O–H groups in total. The maximum atomic E-state index is 9.70. The van der Waals surface area contributed by atoms with Crippen molar-refractivity contribution in [3.63, 3.8) is 0 Å². The molecule has 1 aromatic carbocycles. The van der Waals surface area contributed by atoms with E-state index in [2.05, 4.69) is 4.90 Å². The molecule has 1 aliphatic rings. The van der Waals surface area contributed by atoms with E-state index in [1.807, 2.05) is 37.3 Å². The molecular formula is C17H22N2O2. The van der Waals surface area contributed by atoms with Gasteiger partial charge in [0.2, 0.25) is 0 Å². The zero-order valence-electron chi connectivity index (χ0n) is 12.4. The molecule has 0 unspecified atom stereocenters. The van der Waals surface area contributed by atoms with Crippen LogP contribution in [0.1, 0.15) is 25.3 Å². The van der Waals surface area contributed by atoms with Crippen LogP contribution in [0.25, 0.3) is 10.9 Å². The van der Waals surface area contributed by atoms with Crippen LogP contribution in [0.15, 0.2) is 30.3 Å². The molecule has 21 heavy (non-hydrogen) atoms. The number of aliphatic hydroxyl groups excluding tert-OH is 2. The average Bonchev–Trinajstić information content (AvgIpc) is 2.53. The van der Waals surface area contributed by atoms with Crippen molar-refractivity contribution in [3.8, 4) is 0 Å². The lowest BCUT2D eigenvalue weighted by atomic mass is 9.92. The maximum Gasteiger partial charge on any atom is 0.134 e. The highest BCUT2D eigenvalue weighted by molar-refractivity contribution is 5.81. The lowest BCUT2D eigenvalue weighted by Gasteiger charge is -2.35. The molecule has 1 saturated heterocycles.